The van der Waals surface area contributed by atoms with Crippen molar-refractivity contribution in [2.24, 2.45) is 5.92 Å². The maximum Gasteiger partial charge on any atom is 0.185 e. The van der Waals surface area contributed by atoms with Gasteiger partial charge in [0, 0.05) is 11.5 Å². The minimum atomic E-state index is -0.693. The Hall–Kier alpha value is -2.39. The molecule has 0 heterocycles. The first-order valence-corrected chi connectivity index (χ1v) is 7.68. The van der Waals surface area contributed by atoms with Crippen LogP contribution in [0.25, 0.3) is 0 Å². The normalized spacial score (nSPS) is 20.2. The molecule has 1 N–H and O–H groups in total. The van der Waals surface area contributed by atoms with E-state index in [0.29, 0.717) is 17.9 Å². The molecule has 2 rings (SSSR count). The molecule has 0 radical (unpaired) electrons. The van der Waals surface area contributed by atoms with Crippen molar-refractivity contribution in [1.29, 1.82) is 0 Å². The van der Waals surface area contributed by atoms with Crippen LogP contribution < -0.4 is 0 Å². The Balaban J connectivity index is 1.92. The molecule has 1 aromatic rings. The molecule has 3 nitrogen and oxygen atoms in total. The SMILES string of the molecule is CC(C)=CCOC1=CC(O)C(C=CC(=O)c2ccccc2)C=C1. The van der Waals surface area contributed by atoms with E-state index in [2.05, 4.69) is 0 Å². The molecule has 1 aliphatic rings. The third-order valence-electron chi connectivity index (χ3n) is 3.48. The van der Waals surface area contributed by atoms with Crippen molar-refractivity contribution in [2.45, 2.75) is 20.0 Å². The lowest BCUT2D eigenvalue weighted by molar-refractivity contribution is 0.104. The third kappa shape index (κ3) is 5.38. The van der Waals surface area contributed by atoms with Crippen molar-refractivity contribution in [3.8, 4) is 0 Å². The van der Waals surface area contributed by atoms with Crippen molar-refractivity contribution in [3.05, 3.63) is 83.7 Å². The molecule has 0 saturated carbocycles. The van der Waals surface area contributed by atoms with Gasteiger partial charge in [0.1, 0.15) is 12.4 Å². The highest BCUT2D eigenvalue weighted by Gasteiger charge is 2.17. The van der Waals surface area contributed by atoms with Gasteiger partial charge >= 0.3 is 0 Å². The molecule has 0 aliphatic heterocycles. The molecule has 0 fully saturated rings. The smallest absolute Gasteiger partial charge is 0.185 e. The van der Waals surface area contributed by atoms with Gasteiger partial charge in [0.2, 0.25) is 0 Å². The van der Waals surface area contributed by atoms with Crippen LogP contribution in [0, 0.1) is 5.92 Å². The van der Waals surface area contributed by atoms with Crippen LogP contribution in [-0.4, -0.2) is 23.6 Å². The second kappa shape index (κ2) is 8.30. The minimum absolute atomic E-state index is 0.0687. The number of hydrogen-bond donors (Lipinski definition) is 1. The predicted octanol–water partition coefficient (Wildman–Crippen LogP) is 3.84. The molecule has 0 amide bonds. The second-order valence-electron chi connectivity index (χ2n) is 5.68. The molecule has 0 aromatic heterocycles. The number of hydrogen-bond acceptors (Lipinski definition) is 3. The van der Waals surface area contributed by atoms with Crippen molar-refractivity contribution < 1.29 is 14.6 Å². The highest BCUT2D eigenvalue weighted by molar-refractivity contribution is 6.04. The van der Waals surface area contributed by atoms with Gasteiger partial charge in [-0.2, -0.15) is 0 Å². The quantitative estimate of drug-likeness (QED) is 0.493. The first-order chi connectivity index (χ1) is 11.1. The fraction of sp³-hybridized carbons (Fsp3) is 0.250. The second-order valence-corrected chi connectivity index (χ2v) is 5.68. The number of rotatable bonds is 6. The standard InChI is InChI=1S/C20H22O3/c1-15(2)12-13-23-18-10-8-17(20(22)14-18)9-11-19(21)16-6-4-3-5-7-16/h3-12,14,17,20,22H,13H2,1-2H3. The lowest BCUT2D eigenvalue weighted by Crippen LogP contribution is -2.18. The number of aliphatic hydroxyl groups is 1. The van der Waals surface area contributed by atoms with Gasteiger partial charge in [0.25, 0.3) is 0 Å². The van der Waals surface area contributed by atoms with Crippen LogP contribution >= 0.6 is 0 Å². The van der Waals surface area contributed by atoms with Gasteiger partial charge in [-0.1, -0.05) is 48.1 Å². The summed E-state index contributed by atoms with van der Waals surface area (Å²) < 4.78 is 5.55. The molecule has 1 aliphatic carbocycles. The molecular formula is C20H22O3. The first-order valence-electron chi connectivity index (χ1n) is 7.68. The van der Waals surface area contributed by atoms with Crippen molar-refractivity contribution in [1.82, 2.24) is 0 Å². The first kappa shape index (κ1) is 17.0. The summed E-state index contributed by atoms with van der Waals surface area (Å²) in [6.45, 7) is 4.50. The zero-order valence-electron chi connectivity index (χ0n) is 13.5. The number of allylic oxidation sites excluding steroid dienone is 3. The summed E-state index contributed by atoms with van der Waals surface area (Å²) >= 11 is 0. The van der Waals surface area contributed by atoms with Crippen LogP contribution in [0.15, 0.2) is 78.1 Å². The Kier molecular flexibility index (Phi) is 6.12. The Morgan fingerprint density at radius 1 is 1.26 bits per heavy atom. The van der Waals surface area contributed by atoms with E-state index in [9.17, 15) is 9.90 Å². The predicted molar refractivity (Wildman–Crippen MR) is 92.0 cm³/mol. The van der Waals surface area contributed by atoms with E-state index < -0.39 is 6.10 Å². The van der Waals surface area contributed by atoms with Crippen LogP contribution in [0.3, 0.4) is 0 Å². The van der Waals surface area contributed by atoms with E-state index in [-0.39, 0.29) is 11.7 Å². The fourth-order valence-corrected chi connectivity index (χ4v) is 2.13. The molecule has 1 aromatic carbocycles. The van der Waals surface area contributed by atoms with E-state index in [1.54, 1.807) is 24.3 Å². The van der Waals surface area contributed by atoms with Gasteiger partial charge in [-0.05, 0) is 38.2 Å². The summed E-state index contributed by atoms with van der Waals surface area (Å²) in [6.07, 6.45) is 9.86. The highest BCUT2D eigenvalue weighted by atomic mass is 16.5. The molecule has 2 unspecified atom stereocenters. The summed E-state index contributed by atoms with van der Waals surface area (Å²) in [4.78, 5) is 12.0. The van der Waals surface area contributed by atoms with Gasteiger partial charge in [-0.25, -0.2) is 0 Å². The van der Waals surface area contributed by atoms with Crippen molar-refractivity contribution in [3.63, 3.8) is 0 Å². The largest absolute Gasteiger partial charge is 0.490 e. The zero-order chi connectivity index (χ0) is 16.7. The molecule has 120 valence electrons. The molecule has 0 spiro atoms. The van der Waals surface area contributed by atoms with Crippen LogP contribution in [-0.2, 0) is 4.74 Å². The van der Waals surface area contributed by atoms with Crippen LogP contribution in [0.5, 0.6) is 0 Å². The maximum absolute atomic E-state index is 12.0. The highest BCUT2D eigenvalue weighted by Crippen LogP contribution is 2.19. The van der Waals surface area contributed by atoms with Gasteiger partial charge in [-0.15, -0.1) is 0 Å². The van der Waals surface area contributed by atoms with Gasteiger partial charge in [0.05, 0.1) is 6.10 Å². The summed E-state index contributed by atoms with van der Waals surface area (Å²) in [6, 6.07) is 9.07. The van der Waals surface area contributed by atoms with Gasteiger partial charge in [0.15, 0.2) is 5.78 Å². The van der Waals surface area contributed by atoms with Gasteiger partial charge < -0.3 is 9.84 Å². The number of aliphatic hydroxyl groups excluding tert-OH is 1. The van der Waals surface area contributed by atoms with E-state index in [0.717, 1.165) is 0 Å². The summed E-state index contributed by atoms with van der Waals surface area (Å²) in [5, 5.41) is 10.1. The molecule has 3 heteroatoms. The summed E-state index contributed by atoms with van der Waals surface area (Å²) in [5.41, 5.74) is 1.82. The number of carbonyl (C=O) groups excluding carboxylic acids is 1. The average Bonchev–Trinajstić information content (AvgIpc) is 2.54. The van der Waals surface area contributed by atoms with E-state index in [4.69, 9.17) is 4.74 Å². The lowest BCUT2D eigenvalue weighted by atomic mass is 9.95. The molecule has 23 heavy (non-hydrogen) atoms. The molecule has 0 bridgehead atoms. The Labute approximate surface area is 137 Å². The molecule has 0 saturated heterocycles. The molecule has 2 atom stereocenters. The van der Waals surface area contributed by atoms with E-state index in [1.807, 2.05) is 50.3 Å². The van der Waals surface area contributed by atoms with Gasteiger partial charge in [-0.3, -0.25) is 4.79 Å². The summed E-state index contributed by atoms with van der Waals surface area (Å²) in [5.74, 6) is 0.355. The number of benzene rings is 1. The monoisotopic (exact) mass is 310 g/mol. The van der Waals surface area contributed by atoms with Crippen molar-refractivity contribution in [2.75, 3.05) is 6.61 Å². The number of carbonyl (C=O) groups is 1. The Bertz CT molecular complexity index is 647. The Morgan fingerprint density at radius 3 is 2.65 bits per heavy atom. The Morgan fingerprint density at radius 2 is 2.00 bits per heavy atom. The topological polar surface area (TPSA) is 46.5 Å². The average molecular weight is 310 g/mol. The molecular weight excluding hydrogens is 288 g/mol. The number of ether oxygens (including phenoxy) is 1. The fourth-order valence-electron chi connectivity index (χ4n) is 2.13. The number of ketones is 1. The van der Waals surface area contributed by atoms with Crippen molar-refractivity contribution >= 4 is 5.78 Å². The van der Waals surface area contributed by atoms with Crippen LogP contribution in [0.2, 0.25) is 0 Å². The summed E-state index contributed by atoms with van der Waals surface area (Å²) in [7, 11) is 0. The lowest BCUT2D eigenvalue weighted by Gasteiger charge is -2.19. The van der Waals surface area contributed by atoms with Crippen LogP contribution in [0.4, 0.5) is 0 Å². The third-order valence-corrected chi connectivity index (χ3v) is 3.48. The van der Waals surface area contributed by atoms with E-state index in [1.165, 1.54) is 11.6 Å². The zero-order valence-corrected chi connectivity index (χ0v) is 13.5. The maximum atomic E-state index is 12.0. The van der Waals surface area contributed by atoms with Crippen LogP contribution in [0.1, 0.15) is 24.2 Å². The minimum Gasteiger partial charge on any atom is -0.490 e. The van der Waals surface area contributed by atoms with E-state index >= 15 is 0 Å².